The third kappa shape index (κ3) is 1.38. The Morgan fingerprint density at radius 2 is 2.33 bits per heavy atom. The smallest absolute Gasteiger partial charge is 0.291 e. The molecule has 0 radical (unpaired) electrons. The number of rotatable bonds is 1. The van der Waals surface area contributed by atoms with Gasteiger partial charge in [0.2, 0.25) is 0 Å². The molecule has 5 nitrogen and oxygen atoms in total. The Balaban J connectivity index is 3.36. The second-order valence-electron chi connectivity index (χ2n) is 2.22. The van der Waals surface area contributed by atoms with Crippen molar-refractivity contribution in [1.29, 1.82) is 0 Å². The Bertz CT molecular complexity index is 340. The fraction of sp³-hybridized carbons (Fsp3) is 0.167. The van der Waals surface area contributed by atoms with Gasteiger partial charge in [-0.15, -0.1) is 0 Å². The summed E-state index contributed by atoms with van der Waals surface area (Å²) in [5.41, 5.74) is 5.87. The van der Waals surface area contributed by atoms with Gasteiger partial charge in [-0.25, -0.2) is 4.98 Å². The highest BCUT2D eigenvalue weighted by molar-refractivity contribution is 9.10. The van der Waals surface area contributed by atoms with E-state index in [0.29, 0.717) is 10.0 Å². The van der Waals surface area contributed by atoms with Crippen LogP contribution in [0.15, 0.2) is 10.7 Å². The number of nitrogens with two attached hydrogens (primary N) is 1. The first-order valence-corrected chi connectivity index (χ1v) is 3.88. The Kier molecular flexibility index (Phi) is 2.27. The summed E-state index contributed by atoms with van der Waals surface area (Å²) >= 11 is 3.11. The molecule has 0 unspecified atom stereocenters. The van der Waals surface area contributed by atoms with E-state index < -0.39 is 4.92 Å². The van der Waals surface area contributed by atoms with Gasteiger partial charge in [0, 0.05) is 5.56 Å². The maximum absolute atomic E-state index is 10.4. The number of nitro groups is 1. The van der Waals surface area contributed by atoms with Crippen LogP contribution >= 0.6 is 15.9 Å². The van der Waals surface area contributed by atoms with Crippen molar-refractivity contribution in [3.05, 3.63) is 26.3 Å². The number of nitrogens with zero attached hydrogens (tertiary/aromatic N) is 2. The SMILES string of the molecule is Cc1c([N+](=O)[O-])cnc(N)c1Br. The van der Waals surface area contributed by atoms with Crippen molar-refractivity contribution >= 4 is 27.4 Å². The molecule has 6 heteroatoms. The van der Waals surface area contributed by atoms with Crippen LogP contribution in [0.25, 0.3) is 0 Å². The Morgan fingerprint density at radius 3 is 2.83 bits per heavy atom. The molecule has 0 aromatic carbocycles. The van der Waals surface area contributed by atoms with Gasteiger partial charge in [-0.1, -0.05) is 0 Å². The predicted octanol–water partition coefficient (Wildman–Crippen LogP) is 1.64. The minimum absolute atomic E-state index is 0.0314. The highest BCUT2D eigenvalue weighted by Gasteiger charge is 2.15. The summed E-state index contributed by atoms with van der Waals surface area (Å²) in [4.78, 5) is 13.5. The van der Waals surface area contributed by atoms with E-state index >= 15 is 0 Å². The third-order valence-electron chi connectivity index (χ3n) is 1.46. The third-order valence-corrected chi connectivity index (χ3v) is 2.46. The van der Waals surface area contributed by atoms with Crippen LogP contribution in [0.4, 0.5) is 11.5 Å². The first-order chi connectivity index (χ1) is 5.54. The van der Waals surface area contributed by atoms with Gasteiger partial charge in [0.05, 0.1) is 9.40 Å². The molecule has 2 N–H and O–H groups in total. The van der Waals surface area contributed by atoms with Crippen LogP contribution in [0.1, 0.15) is 5.56 Å². The maximum Gasteiger partial charge on any atom is 0.291 e. The molecule has 0 aliphatic carbocycles. The van der Waals surface area contributed by atoms with E-state index in [-0.39, 0.29) is 11.5 Å². The zero-order chi connectivity index (χ0) is 9.30. The molecule has 1 heterocycles. The second kappa shape index (κ2) is 3.06. The van der Waals surface area contributed by atoms with E-state index in [4.69, 9.17) is 5.73 Å². The molecular formula is C6H6BrN3O2. The first kappa shape index (κ1) is 8.92. The van der Waals surface area contributed by atoms with Gasteiger partial charge in [-0.05, 0) is 22.9 Å². The molecular weight excluding hydrogens is 226 g/mol. The monoisotopic (exact) mass is 231 g/mol. The molecule has 0 bridgehead atoms. The van der Waals surface area contributed by atoms with Gasteiger partial charge in [0.1, 0.15) is 12.0 Å². The quantitative estimate of drug-likeness (QED) is 0.589. The first-order valence-electron chi connectivity index (χ1n) is 3.09. The normalized spacial score (nSPS) is 9.83. The van der Waals surface area contributed by atoms with Crippen LogP contribution in [-0.4, -0.2) is 9.91 Å². The molecule has 0 atom stereocenters. The lowest BCUT2D eigenvalue weighted by atomic mass is 10.2. The number of pyridine rings is 1. The maximum atomic E-state index is 10.4. The van der Waals surface area contributed by atoms with Crippen LogP contribution in [0.3, 0.4) is 0 Å². The number of nitrogen functional groups attached to an aromatic ring is 1. The molecule has 64 valence electrons. The molecule has 1 aromatic heterocycles. The molecule has 1 aromatic rings. The lowest BCUT2D eigenvalue weighted by Crippen LogP contribution is -1.98. The van der Waals surface area contributed by atoms with Gasteiger partial charge < -0.3 is 5.73 Å². The van der Waals surface area contributed by atoms with Gasteiger partial charge in [0.25, 0.3) is 5.69 Å². The summed E-state index contributed by atoms with van der Waals surface area (Å²) < 4.78 is 0.483. The zero-order valence-electron chi connectivity index (χ0n) is 6.24. The van der Waals surface area contributed by atoms with Crippen LogP contribution in [0.5, 0.6) is 0 Å². The van der Waals surface area contributed by atoms with Crippen molar-refractivity contribution in [3.63, 3.8) is 0 Å². The lowest BCUT2D eigenvalue weighted by Gasteiger charge is -2.00. The van der Waals surface area contributed by atoms with Crippen LogP contribution in [-0.2, 0) is 0 Å². The lowest BCUT2D eigenvalue weighted by molar-refractivity contribution is -0.385. The van der Waals surface area contributed by atoms with Crippen molar-refractivity contribution in [2.45, 2.75) is 6.92 Å². The summed E-state index contributed by atoms with van der Waals surface area (Å²) in [5, 5.41) is 10.4. The van der Waals surface area contributed by atoms with Crippen molar-refractivity contribution in [1.82, 2.24) is 4.98 Å². The fourth-order valence-electron chi connectivity index (χ4n) is 0.773. The van der Waals surface area contributed by atoms with Crippen LogP contribution in [0, 0.1) is 17.0 Å². The summed E-state index contributed by atoms with van der Waals surface area (Å²) in [6, 6.07) is 0. The summed E-state index contributed by atoms with van der Waals surface area (Å²) in [7, 11) is 0. The number of anilines is 1. The Morgan fingerprint density at radius 1 is 1.75 bits per heavy atom. The van der Waals surface area contributed by atoms with E-state index in [1.807, 2.05) is 0 Å². The van der Waals surface area contributed by atoms with Crippen molar-refractivity contribution < 1.29 is 4.92 Å². The van der Waals surface area contributed by atoms with Gasteiger partial charge in [-0.3, -0.25) is 10.1 Å². The van der Waals surface area contributed by atoms with Crippen molar-refractivity contribution in [2.24, 2.45) is 0 Å². The number of hydrogen-bond acceptors (Lipinski definition) is 4. The zero-order valence-corrected chi connectivity index (χ0v) is 7.83. The standard InChI is InChI=1S/C6H6BrN3O2/c1-3-4(10(11)12)2-9-6(8)5(3)7/h2H,1H3,(H2,8,9). The van der Waals surface area contributed by atoms with Crippen LogP contribution < -0.4 is 5.73 Å². The van der Waals surface area contributed by atoms with E-state index in [0.717, 1.165) is 6.20 Å². The van der Waals surface area contributed by atoms with Crippen LogP contribution in [0.2, 0.25) is 0 Å². The predicted molar refractivity (Wildman–Crippen MR) is 47.7 cm³/mol. The highest BCUT2D eigenvalue weighted by atomic mass is 79.9. The molecule has 0 aliphatic heterocycles. The van der Waals surface area contributed by atoms with E-state index in [1.54, 1.807) is 6.92 Å². The molecule has 0 saturated heterocycles. The molecule has 1 rings (SSSR count). The highest BCUT2D eigenvalue weighted by Crippen LogP contribution is 2.28. The number of hydrogen-bond donors (Lipinski definition) is 1. The minimum atomic E-state index is -0.494. The summed E-state index contributed by atoms with van der Waals surface area (Å²) in [6.45, 7) is 1.61. The van der Waals surface area contributed by atoms with Crippen molar-refractivity contribution in [2.75, 3.05) is 5.73 Å². The minimum Gasteiger partial charge on any atom is -0.383 e. The molecule has 0 spiro atoms. The largest absolute Gasteiger partial charge is 0.383 e. The van der Waals surface area contributed by atoms with Gasteiger partial charge >= 0.3 is 0 Å². The Hall–Kier alpha value is -1.17. The average molecular weight is 232 g/mol. The molecule has 0 fully saturated rings. The summed E-state index contributed by atoms with van der Waals surface area (Å²) in [6.07, 6.45) is 1.15. The molecule has 0 amide bonds. The topological polar surface area (TPSA) is 82.0 Å². The fourth-order valence-corrected chi connectivity index (χ4v) is 1.08. The van der Waals surface area contributed by atoms with E-state index in [1.165, 1.54) is 0 Å². The van der Waals surface area contributed by atoms with Gasteiger partial charge in [0.15, 0.2) is 0 Å². The number of aromatic nitrogens is 1. The Labute approximate surface area is 76.9 Å². The van der Waals surface area contributed by atoms with Gasteiger partial charge in [-0.2, -0.15) is 0 Å². The van der Waals surface area contributed by atoms with Crippen molar-refractivity contribution in [3.8, 4) is 0 Å². The molecule has 0 saturated carbocycles. The average Bonchev–Trinajstić information content (AvgIpc) is 2.00. The molecule has 12 heavy (non-hydrogen) atoms. The summed E-state index contributed by atoms with van der Waals surface area (Å²) in [5.74, 6) is 0.262. The van der Waals surface area contributed by atoms with E-state index in [9.17, 15) is 10.1 Å². The second-order valence-corrected chi connectivity index (χ2v) is 3.02. The van der Waals surface area contributed by atoms with E-state index in [2.05, 4.69) is 20.9 Å². The molecule has 0 aliphatic rings. The number of halogens is 1.